The molecule has 0 unspecified atom stereocenters. The van der Waals surface area contributed by atoms with E-state index in [1.54, 1.807) is 56.5 Å². The highest BCUT2D eigenvalue weighted by Crippen LogP contribution is 2.31. The Morgan fingerprint density at radius 3 is 2.57 bits per heavy atom. The normalized spacial score (nSPS) is 10.9. The highest BCUT2D eigenvalue weighted by molar-refractivity contribution is 6.30. The van der Waals surface area contributed by atoms with Crippen LogP contribution in [-0.2, 0) is 16.1 Å². The minimum atomic E-state index is -0.588. The van der Waals surface area contributed by atoms with Crippen molar-refractivity contribution in [1.82, 2.24) is 4.57 Å². The van der Waals surface area contributed by atoms with Crippen LogP contribution in [0.2, 0.25) is 5.02 Å². The molecular weight excluding hydrogens is 472 g/mol. The van der Waals surface area contributed by atoms with Crippen LogP contribution in [0.5, 0.6) is 5.75 Å². The number of carbonyl (C=O) groups is 2. The zero-order valence-corrected chi connectivity index (χ0v) is 20.4. The van der Waals surface area contributed by atoms with Gasteiger partial charge >= 0.3 is 11.6 Å². The van der Waals surface area contributed by atoms with E-state index >= 15 is 0 Å². The Balaban J connectivity index is 1.62. The zero-order chi connectivity index (χ0) is 25.3. The Morgan fingerprint density at radius 2 is 1.86 bits per heavy atom. The minimum Gasteiger partial charge on any atom is -0.495 e. The number of halogens is 1. The molecule has 180 valence electrons. The number of rotatable bonds is 6. The summed E-state index contributed by atoms with van der Waals surface area (Å²) in [4.78, 5) is 36.4. The van der Waals surface area contributed by atoms with Crippen LogP contribution in [0, 0.1) is 13.8 Å². The molecule has 0 fully saturated rings. The molecule has 0 atom stereocenters. The van der Waals surface area contributed by atoms with Gasteiger partial charge in [0.1, 0.15) is 17.9 Å². The van der Waals surface area contributed by atoms with Crippen LogP contribution in [0.1, 0.15) is 34.2 Å². The number of anilines is 1. The number of esters is 1. The maximum Gasteiger partial charge on any atom is 0.340 e. The lowest BCUT2D eigenvalue weighted by atomic mass is 10.1. The third-order valence-electron chi connectivity index (χ3n) is 5.54. The van der Waals surface area contributed by atoms with Gasteiger partial charge in [0.25, 0.3) is 0 Å². The van der Waals surface area contributed by atoms with Crippen LogP contribution >= 0.6 is 11.6 Å². The summed E-state index contributed by atoms with van der Waals surface area (Å²) in [5.41, 5.74) is 3.21. The number of hydrogen-bond acceptors (Lipinski definition) is 6. The van der Waals surface area contributed by atoms with Crippen molar-refractivity contribution in [3.63, 3.8) is 0 Å². The Labute approximate surface area is 206 Å². The van der Waals surface area contributed by atoms with Gasteiger partial charge < -0.3 is 23.8 Å². The number of nitrogens with zero attached hydrogens (tertiary/aromatic N) is 1. The van der Waals surface area contributed by atoms with Gasteiger partial charge in [-0.3, -0.25) is 4.79 Å². The molecule has 1 N–H and O–H groups in total. The Hall–Kier alpha value is -4.04. The molecule has 0 aliphatic rings. The molecule has 8 nitrogen and oxygen atoms in total. The van der Waals surface area contributed by atoms with E-state index in [0.29, 0.717) is 44.4 Å². The van der Waals surface area contributed by atoms with E-state index in [-0.39, 0.29) is 18.1 Å². The van der Waals surface area contributed by atoms with Crippen molar-refractivity contribution in [3.8, 4) is 11.4 Å². The van der Waals surface area contributed by atoms with Gasteiger partial charge in [0, 0.05) is 52.1 Å². The van der Waals surface area contributed by atoms with Crippen LogP contribution in [0.4, 0.5) is 5.69 Å². The molecule has 35 heavy (non-hydrogen) atoms. The van der Waals surface area contributed by atoms with Gasteiger partial charge in [0.15, 0.2) is 0 Å². The van der Waals surface area contributed by atoms with Gasteiger partial charge in [-0.05, 0) is 50.2 Å². The molecule has 2 aromatic heterocycles. The maximum atomic E-state index is 13.0. The largest absolute Gasteiger partial charge is 0.495 e. The van der Waals surface area contributed by atoms with Gasteiger partial charge in [-0.2, -0.15) is 0 Å². The van der Waals surface area contributed by atoms with Crippen molar-refractivity contribution in [1.29, 1.82) is 0 Å². The summed E-state index contributed by atoms with van der Waals surface area (Å²) in [7, 11) is 1.57. The number of nitrogens with one attached hydrogen (secondary N) is 1. The number of aryl methyl sites for hydroxylation is 1. The second-order valence-corrected chi connectivity index (χ2v) is 8.43. The van der Waals surface area contributed by atoms with E-state index in [0.717, 1.165) is 5.69 Å². The lowest BCUT2D eigenvalue weighted by molar-refractivity contribution is -0.114. The summed E-state index contributed by atoms with van der Waals surface area (Å²) < 4.78 is 18.2. The molecule has 0 saturated carbocycles. The van der Waals surface area contributed by atoms with Crippen LogP contribution in [0.25, 0.3) is 16.7 Å². The fourth-order valence-electron chi connectivity index (χ4n) is 4.03. The van der Waals surface area contributed by atoms with Crippen LogP contribution in [-0.4, -0.2) is 23.6 Å². The van der Waals surface area contributed by atoms with Crippen molar-refractivity contribution in [3.05, 3.63) is 86.5 Å². The second-order valence-electron chi connectivity index (χ2n) is 8.00. The molecule has 0 aliphatic heterocycles. The predicted octanol–water partition coefficient (Wildman–Crippen LogP) is 5.18. The first-order valence-electron chi connectivity index (χ1n) is 10.7. The first-order valence-corrected chi connectivity index (χ1v) is 11.1. The highest BCUT2D eigenvalue weighted by Gasteiger charge is 2.20. The first-order chi connectivity index (χ1) is 16.7. The van der Waals surface area contributed by atoms with Gasteiger partial charge in [-0.1, -0.05) is 11.6 Å². The van der Waals surface area contributed by atoms with Gasteiger partial charge in [-0.15, -0.1) is 0 Å². The molecule has 1 amide bonds. The molecule has 0 spiro atoms. The van der Waals surface area contributed by atoms with Crippen molar-refractivity contribution < 1.29 is 23.5 Å². The fraction of sp³-hybridized carbons (Fsp3) is 0.192. The molecule has 9 heteroatoms. The number of ether oxygens (including phenoxy) is 2. The molecule has 2 heterocycles. The third-order valence-corrected chi connectivity index (χ3v) is 5.78. The fourth-order valence-corrected chi connectivity index (χ4v) is 4.20. The molecule has 0 saturated heterocycles. The predicted molar refractivity (Wildman–Crippen MR) is 133 cm³/mol. The van der Waals surface area contributed by atoms with Crippen molar-refractivity contribution in [2.24, 2.45) is 0 Å². The Bertz CT molecular complexity index is 1520. The summed E-state index contributed by atoms with van der Waals surface area (Å²) in [5, 5.41) is 3.77. The minimum absolute atomic E-state index is 0.134. The summed E-state index contributed by atoms with van der Waals surface area (Å²) in [6, 6.07) is 13.2. The summed E-state index contributed by atoms with van der Waals surface area (Å²) >= 11 is 6.20. The number of benzene rings is 2. The van der Waals surface area contributed by atoms with Crippen molar-refractivity contribution in [2.75, 3.05) is 12.4 Å². The number of fused-ring (bicyclic) bond motifs is 1. The molecule has 4 aromatic rings. The lowest BCUT2D eigenvalue weighted by Crippen LogP contribution is -2.10. The summed E-state index contributed by atoms with van der Waals surface area (Å²) in [5.74, 6) is -0.177. The Morgan fingerprint density at radius 1 is 1.09 bits per heavy atom. The Kier molecular flexibility index (Phi) is 6.66. The molecule has 2 aromatic carbocycles. The highest BCUT2D eigenvalue weighted by atomic mass is 35.5. The van der Waals surface area contributed by atoms with Gasteiger partial charge in [-0.25, -0.2) is 9.59 Å². The van der Waals surface area contributed by atoms with Gasteiger partial charge in [0.05, 0.1) is 18.4 Å². The summed E-state index contributed by atoms with van der Waals surface area (Å²) in [6.07, 6.45) is 0. The van der Waals surface area contributed by atoms with E-state index < -0.39 is 11.6 Å². The van der Waals surface area contributed by atoms with E-state index in [4.69, 9.17) is 25.5 Å². The third kappa shape index (κ3) is 4.93. The van der Waals surface area contributed by atoms with Crippen molar-refractivity contribution in [2.45, 2.75) is 27.4 Å². The van der Waals surface area contributed by atoms with E-state index in [2.05, 4.69) is 5.32 Å². The van der Waals surface area contributed by atoms with Crippen molar-refractivity contribution >= 4 is 40.1 Å². The van der Waals surface area contributed by atoms with E-state index in [1.807, 2.05) is 11.5 Å². The topological polar surface area (TPSA) is 99.8 Å². The molecular formula is C26H23ClN2O6. The zero-order valence-electron chi connectivity index (χ0n) is 19.6. The number of methoxy groups -OCH3 is 1. The molecule has 4 rings (SSSR count). The number of aromatic nitrogens is 1. The van der Waals surface area contributed by atoms with E-state index in [1.165, 1.54) is 13.0 Å². The smallest absolute Gasteiger partial charge is 0.340 e. The number of hydrogen-bond donors (Lipinski definition) is 1. The van der Waals surface area contributed by atoms with Gasteiger partial charge in [0.2, 0.25) is 5.91 Å². The molecule has 0 aliphatic carbocycles. The number of amides is 1. The lowest BCUT2D eigenvalue weighted by Gasteiger charge is -2.14. The van der Waals surface area contributed by atoms with E-state index in [9.17, 15) is 14.4 Å². The van der Waals surface area contributed by atoms with Crippen LogP contribution in [0.3, 0.4) is 0 Å². The SMILES string of the molecule is COc1ccc(Cl)cc1-n1c(C)cc(C(=O)OCc2cc(=O)oc3cc(NC(C)=O)ccc23)c1C. The maximum absolute atomic E-state index is 13.0. The number of carbonyl (C=O) groups excluding carboxylic acids is 2. The summed E-state index contributed by atoms with van der Waals surface area (Å²) in [6.45, 7) is 4.92. The first kappa shape index (κ1) is 24.1. The molecule has 0 radical (unpaired) electrons. The average molecular weight is 495 g/mol. The van der Waals surface area contributed by atoms with Crippen LogP contribution in [0.15, 0.2) is 57.7 Å². The van der Waals surface area contributed by atoms with Crippen LogP contribution < -0.4 is 15.7 Å². The standard InChI is InChI=1S/C26H23ClN2O6/c1-14-9-21(15(2)29(14)22-11-18(27)5-8-23(22)33-4)26(32)34-13-17-10-25(31)35-24-12-19(28-16(3)30)6-7-20(17)24/h5-12H,13H2,1-4H3,(H,28,30). The average Bonchev–Trinajstić information content (AvgIpc) is 3.10. The second kappa shape index (κ2) is 9.68. The quantitative estimate of drug-likeness (QED) is 0.293. The monoisotopic (exact) mass is 494 g/mol. The molecule has 0 bridgehead atoms.